The lowest BCUT2D eigenvalue weighted by atomic mass is 10.0. The van der Waals surface area contributed by atoms with Crippen LogP contribution in [0.1, 0.15) is 43.0 Å². The summed E-state index contributed by atoms with van der Waals surface area (Å²) < 4.78 is 0. The van der Waals surface area contributed by atoms with E-state index in [1.165, 1.54) is 24.2 Å². The van der Waals surface area contributed by atoms with E-state index in [0.717, 1.165) is 37.1 Å². The number of carbonyl (C=O) groups is 1. The van der Waals surface area contributed by atoms with E-state index in [0.29, 0.717) is 17.1 Å². The van der Waals surface area contributed by atoms with Gasteiger partial charge in [-0.15, -0.1) is 5.10 Å². The Hall–Kier alpha value is -2.93. The predicted molar refractivity (Wildman–Crippen MR) is 118 cm³/mol. The van der Waals surface area contributed by atoms with Gasteiger partial charge in [-0.3, -0.25) is 0 Å². The number of likely N-dealkylation sites (tertiary alicyclic amines) is 1. The Labute approximate surface area is 177 Å². The average Bonchev–Trinajstić information content (AvgIpc) is 3.21. The van der Waals surface area contributed by atoms with E-state index in [-0.39, 0.29) is 0 Å². The van der Waals surface area contributed by atoms with Gasteiger partial charge in [0.2, 0.25) is 0 Å². The molecule has 1 aromatic heterocycles. The van der Waals surface area contributed by atoms with Gasteiger partial charge in [0.25, 0.3) is 0 Å². The molecule has 2 aromatic carbocycles. The molecule has 0 saturated carbocycles. The van der Waals surface area contributed by atoms with Crippen molar-refractivity contribution >= 4 is 22.7 Å². The van der Waals surface area contributed by atoms with Crippen molar-refractivity contribution in [2.24, 2.45) is 0 Å². The Bertz CT molecular complexity index is 980. The summed E-state index contributed by atoms with van der Waals surface area (Å²) >= 11 is 0. The van der Waals surface area contributed by atoms with Gasteiger partial charge in [-0.1, -0.05) is 42.5 Å². The molecular weight excluding hydrogens is 378 g/mol. The van der Waals surface area contributed by atoms with Crippen molar-refractivity contribution in [1.29, 1.82) is 0 Å². The molecule has 0 atom stereocenters. The summed E-state index contributed by atoms with van der Waals surface area (Å²) in [7, 11) is 2.12. The maximum absolute atomic E-state index is 12.4. The molecule has 0 aliphatic carbocycles. The summed E-state index contributed by atoms with van der Waals surface area (Å²) in [6, 6.07) is 15.3. The van der Waals surface area contributed by atoms with Crippen LogP contribution in [0.2, 0.25) is 0 Å². The number of carbonyl (C=O) groups excluding carboxylic acids is 1. The van der Waals surface area contributed by atoms with E-state index in [9.17, 15) is 4.79 Å². The molecule has 0 radical (unpaired) electrons. The molecule has 158 valence electrons. The Morgan fingerprint density at radius 1 is 1.13 bits per heavy atom. The van der Waals surface area contributed by atoms with Crippen LogP contribution in [0.15, 0.2) is 48.5 Å². The molecule has 4 rings (SSSR count). The van der Waals surface area contributed by atoms with Gasteiger partial charge >= 0.3 is 5.97 Å². The highest BCUT2D eigenvalue weighted by Gasteiger charge is 2.24. The van der Waals surface area contributed by atoms with Gasteiger partial charge in [0.1, 0.15) is 11.0 Å². The Balaban J connectivity index is 1.49. The molecule has 0 unspecified atom stereocenters. The summed E-state index contributed by atoms with van der Waals surface area (Å²) in [6.45, 7) is 5.70. The lowest BCUT2D eigenvalue weighted by molar-refractivity contribution is 0.0409. The summed E-state index contributed by atoms with van der Waals surface area (Å²) in [5.74, 6) is -0.458. The zero-order valence-electron chi connectivity index (χ0n) is 17.7. The lowest BCUT2D eigenvalue weighted by Crippen LogP contribution is -2.43. The number of hydrogen-bond acceptors (Lipinski definition) is 6. The van der Waals surface area contributed by atoms with Crippen LogP contribution in [0.5, 0.6) is 0 Å². The molecular formula is C23H29N5O2. The third kappa shape index (κ3) is 4.31. The summed E-state index contributed by atoms with van der Waals surface area (Å²) in [6.07, 6.45) is 4.78. The van der Waals surface area contributed by atoms with Crippen molar-refractivity contribution in [3.63, 3.8) is 0 Å². The molecule has 7 heteroatoms. The van der Waals surface area contributed by atoms with E-state index in [4.69, 9.17) is 4.84 Å². The SMILES string of the molecule is CCCCN1CCC(N(C)c2cccc3c2nnn3OC(=O)c2ccccc2)CC1. The van der Waals surface area contributed by atoms with Crippen LogP contribution in [0.4, 0.5) is 5.69 Å². The topological polar surface area (TPSA) is 63.5 Å². The number of piperidine rings is 1. The third-order valence-corrected chi connectivity index (χ3v) is 5.92. The van der Waals surface area contributed by atoms with Crippen LogP contribution in [0.3, 0.4) is 0 Å². The molecule has 0 amide bonds. The quantitative estimate of drug-likeness (QED) is 0.560. The number of aromatic nitrogens is 3. The van der Waals surface area contributed by atoms with E-state index >= 15 is 0 Å². The van der Waals surface area contributed by atoms with Crippen LogP contribution in [-0.2, 0) is 0 Å². The maximum Gasteiger partial charge on any atom is 0.365 e. The number of anilines is 1. The van der Waals surface area contributed by atoms with Crippen molar-refractivity contribution in [2.45, 2.75) is 38.6 Å². The zero-order valence-corrected chi connectivity index (χ0v) is 17.7. The van der Waals surface area contributed by atoms with Crippen molar-refractivity contribution in [3.05, 3.63) is 54.1 Å². The molecule has 1 fully saturated rings. The number of benzene rings is 2. The first kappa shape index (κ1) is 20.3. The minimum absolute atomic E-state index is 0.458. The second-order valence-corrected chi connectivity index (χ2v) is 7.89. The predicted octanol–water partition coefficient (Wildman–Crippen LogP) is 3.40. The molecule has 30 heavy (non-hydrogen) atoms. The first-order chi connectivity index (χ1) is 14.7. The maximum atomic E-state index is 12.4. The molecule has 2 heterocycles. The first-order valence-electron chi connectivity index (χ1n) is 10.7. The second kappa shape index (κ2) is 9.26. The molecule has 1 aliphatic heterocycles. The summed E-state index contributed by atoms with van der Waals surface area (Å²) in [4.78, 5) is 24.0. The van der Waals surface area contributed by atoms with Gasteiger partial charge < -0.3 is 14.6 Å². The number of nitrogens with zero attached hydrogens (tertiary/aromatic N) is 5. The van der Waals surface area contributed by atoms with E-state index < -0.39 is 5.97 Å². The average molecular weight is 408 g/mol. The van der Waals surface area contributed by atoms with Crippen molar-refractivity contribution in [1.82, 2.24) is 20.1 Å². The van der Waals surface area contributed by atoms with Crippen molar-refractivity contribution in [3.8, 4) is 0 Å². The molecule has 3 aromatic rings. The fourth-order valence-corrected chi connectivity index (χ4v) is 4.08. The number of fused-ring (bicyclic) bond motifs is 1. The zero-order chi connectivity index (χ0) is 20.9. The van der Waals surface area contributed by atoms with Crippen LogP contribution in [0, 0.1) is 0 Å². The Morgan fingerprint density at radius 2 is 1.90 bits per heavy atom. The van der Waals surface area contributed by atoms with Crippen LogP contribution in [-0.4, -0.2) is 58.8 Å². The van der Waals surface area contributed by atoms with Crippen LogP contribution < -0.4 is 9.74 Å². The number of rotatable bonds is 7. The number of hydrogen-bond donors (Lipinski definition) is 0. The molecule has 0 spiro atoms. The molecule has 1 saturated heterocycles. The monoisotopic (exact) mass is 407 g/mol. The van der Waals surface area contributed by atoms with Gasteiger partial charge in [0, 0.05) is 26.2 Å². The highest BCUT2D eigenvalue weighted by Crippen LogP contribution is 2.28. The van der Waals surface area contributed by atoms with Crippen molar-refractivity contribution in [2.75, 3.05) is 31.6 Å². The second-order valence-electron chi connectivity index (χ2n) is 7.89. The molecule has 7 nitrogen and oxygen atoms in total. The highest BCUT2D eigenvalue weighted by molar-refractivity contribution is 5.91. The Kier molecular flexibility index (Phi) is 6.28. The molecule has 1 aliphatic rings. The van der Waals surface area contributed by atoms with Gasteiger partial charge in [0.05, 0.1) is 11.3 Å². The van der Waals surface area contributed by atoms with Gasteiger partial charge in [-0.05, 0) is 55.3 Å². The minimum Gasteiger partial charge on any atom is -0.370 e. The third-order valence-electron chi connectivity index (χ3n) is 5.92. The molecule has 0 bridgehead atoms. The van der Waals surface area contributed by atoms with Gasteiger partial charge in [-0.2, -0.15) is 0 Å². The van der Waals surface area contributed by atoms with Gasteiger partial charge in [-0.25, -0.2) is 4.79 Å². The van der Waals surface area contributed by atoms with Crippen molar-refractivity contribution < 1.29 is 9.63 Å². The standard InChI is InChI=1S/C23H29N5O2/c1-3-4-15-27-16-13-19(14-17-27)26(2)20-11-8-12-21-22(20)24-25-28(21)30-23(29)18-9-6-5-7-10-18/h5-12,19H,3-4,13-17H2,1-2H3. The summed E-state index contributed by atoms with van der Waals surface area (Å²) in [5, 5.41) is 8.40. The van der Waals surface area contributed by atoms with E-state index in [1.807, 2.05) is 18.2 Å². The first-order valence-corrected chi connectivity index (χ1v) is 10.7. The van der Waals surface area contributed by atoms with E-state index in [1.54, 1.807) is 24.3 Å². The Morgan fingerprint density at radius 3 is 2.63 bits per heavy atom. The largest absolute Gasteiger partial charge is 0.370 e. The normalized spacial score (nSPS) is 15.4. The highest BCUT2D eigenvalue weighted by atomic mass is 16.7. The smallest absolute Gasteiger partial charge is 0.365 e. The minimum atomic E-state index is -0.458. The van der Waals surface area contributed by atoms with E-state index in [2.05, 4.69) is 40.1 Å². The summed E-state index contributed by atoms with van der Waals surface area (Å²) in [5.41, 5.74) is 2.92. The number of unbranched alkanes of at least 4 members (excludes halogenated alkanes) is 1. The molecule has 0 N–H and O–H groups in total. The fourth-order valence-electron chi connectivity index (χ4n) is 4.08. The fraction of sp³-hybridized carbons (Fsp3) is 0.435. The lowest BCUT2D eigenvalue weighted by Gasteiger charge is -2.37. The van der Waals surface area contributed by atoms with Crippen LogP contribution in [0.25, 0.3) is 11.0 Å². The van der Waals surface area contributed by atoms with Crippen LogP contribution >= 0.6 is 0 Å². The van der Waals surface area contributed by atoms with Gasteiger partial charge in [0.15, 0.2) is 0 Å².